The summed E-state index contributed by atoms with van der Waals surface area (Å²) in [5, 5.41) is 11.2. The van der Waals surface area contributed by atoms with Crippen LogP contribution in [0.1, 0.15) is 18.1 Å². The zero-order valence-corrected chi connectivity index (χ0v) is 16.5. The van der Waals surface area contributed by atoms with Gasteiger partial charge in [0.15, 0.2) is 11.5 Å². The number of nitro benzene ring substituents is 1. The Hall–Kier alpha value is -3.38. The fourth-order valence-corrected chi connectivity index (χ4v) is 2.87. The molecule has 0 saturated carbocycles. The summed E-state index contributed by atoms with van der Waals surface area (Å²) >= 11 is 6.43. The molecule has 0 unspecified atom stereocenters. The van der Waals surface area contributed by atoms with Crippen molar-refractivity contribution in [1.29, 1.82) is 0 Å². The predicted molar refractivity (Wildman–Crippen MR) is 114 cm³/mol. The molecule has 0 N–H and O–H groups in total. The fourth-order valence-electron chi connectivity index (χ4n) is 2.60. The molecule has 0 amide bonds. The molecule has 0 bridgehead atoms. The van der Waals surface area contributed by atoms with Crippen molar-refractivity contribution < 1.29 is 14.4 Å². The van der Waals surface area contributed by atoms with Gasteiger partial charge in [-0.1, -0.05) is 29.8 Å². The Morgan fingerprint density at radius 3 is 2.45 bits per heavy atom. The third-order valence-corrected chi connectivity index (χ3v) is 4.26. The van der Waals surface area contributed by atoms with Crippen LogP contribution in [0.5, 0.6) is 11.5 Å². The van der Waals surface area contributed by atoms with Crippen molar-refractivity contribution in [3.05, 3.63) is 93.0 Å². The number of hydrogen-bond donors (Lipinski definition) is 0. The van der Waals surface area contributed by atoms with Crippen molar-refractivity contribution in [2.75, 3.05) is 6.61 Å². The van der Waals surface area contributed by atoms with E-state index in [4.69, 9.17) is 21.1 Å². The fraction of sp³-hybridized carbons (Fsp3) is 0.136. The smallest absolute Gasteiger partial charge is 0.269 e. The van der Waals surface area contributed by atoms with E-state index in [1.807, 2.05) is 43.3 Å². The monoisotopic (exact) mass is 410 g/mol. The van der Waals surface area contributed by atoms with Gasteiger partial charge in [-0.15, -0.1) is 0 Å². The highest BCUT2D eigenvalue weighted by molar-refractivity contribution is 6.32. The van der Waals surface area contributed by atoms with Gasteiger partial charge in [-0.25, -0.2) is 0 Å². The molecule has 0 aliphatic carbocycles. The molecule has 0 radical (unpaired) electrons. The van der Waals surface area contributed by atoms with E-state index in [1.54, 1.807) is 24.4 Å². The van der Waals surface area contributed by atoms with Crippen LogP contribution < -0.4 is 9.47 Å². The van der Waals surface area contributed by atoms with Crippen molar-refractivity contribution in [2.24, 2.45) is 4.99 Å². The minimum Gasteiger partial charge on any atom is -0.490 e. The molecule has 0 spiro atoms. The van der Waals surface area contributed by atoms with Crippen LogP contribution >= 0.6 is 11.6 Å². The van der Waals surface area contributed by atoms with E-state index in [9.17, 15) is 10.1 Å². The number of hydrogen-bond acceptors (Lipinski definition) is 5. The second kappa shape index (κ2) is 9.71. The SMILES string of the molecule is CCOc1cc(C=Nc2ccccc2)cc(Cl)c1OCc1ccc([N+](=O)[O-])cc1. The van der Waals surface area contributed by atoms with Crippen molar-refractivity contribution >= 4 is 29.2 Å². The van der Waals surface area contributed by atoms with Crippen LogP contribution in [0.3, 0.4) is 0 Å². The topological polar surface area (TPSA) is 74.0 Å². The number of non-ortho nitro benzene ring substituents is 1. The molecule has 0 aliphatic heterocycles. The lowest BCUT2D eigenvalue weighted by Gasteiger charge is -2.14. The van der Waals surface area contributed by atoms with E-state index in [0.29, 0.717) is 23.1 Å². The summed E-state index contributed by atoms with van der Waals surface area (Å²) < 4.78 is 11.5. The third kappa shape index (κ3) is 5.56. The van der Waals surface area contributed by atoms with Crippen LogP contribution in [0.4, 0.5) is 11.4 Å². The molecule has 3 aromatic carbocycles. The van der Waals surface area contributed by atoms with Crippen LogP contribution in [0.15, 0.2) is 71.7 Å². The summed E-state index contributed by atoms with van der Waals surface area (Å²) in [6.07, 6.45) is 1.71. The molecule has 3 rings (SSSR count). The highest BCUT2D eigenvalue weighted by atomic mass is 35.5. The van der Waals surface area contributed by atoms with E-state index in [2.05, 4.69) is 4.99 Å². The highest BCUT2D eigenvalue weighted by Gasteiger charge is 2.13. The number of nitro groups is 1. The third-order valence-electron chi connectivity index (χ3n) is 3.98. The zero-order chi connectivity index (χ0) is 20.6. The van der Waals surface area contributed by atoms with Gasteiger partial charge in [-0.05, 0) is 54.4 Å². The minimum atomic E-state index is -0.440. The van der Waals surface area contributed by atoms with Gasteiger partial charge in [-0.3, -0.25) is 15.1 Å². The van der Waals surface area contributed by atoms with Gasteiger partial charge in [0.2, 0.25) is 0 Å². The number of halogens is 1. The minimum absolute atomic E-state index is 0.0313. The highest BCUT2D eigenvalue weighted by Crippen LogP contribution is 2.37. The van der Waals surface area contributed by atoms with Gasteiger partial charge >= 0.3 is 0 Å². The van der Waals surface area contributed by atoms with Crippen LogP contribution in [0.25, 0.3) is 0 Å². The number of ether oxygens (including phenoxy) is 2. The number of rotatable bonds is 8. The average Bonchev–Trinajstić information content (AvgIpc) is 2.73. The van der Waals surface area contributed by atoms with Crippen LogP contribution in [-0.4, -0.2) is 17.7 Å². The Labute approximate surface area is 173 Å². The van der Waals surface area contributed by atoms with Crippen molar-refractivity contribution in [1.82, 2.24) is 0 Å². The van der Waals surface area contributed by atoms with Crippen molar-refractivity contribution in [3.8, 4) is 11.5 Å². The average molecular weight is 411 g/mol. The molecule has 0 heterocycles. The lowest BCUT2D eigenvalue weighted by atomic mass is 10.2. The van der Waals surface area contributed by atoms with Crippen LogP contribution in [0, 0.1) is 10.1 Å². The molecule has 29 heavy (non-hydrogen) atoms. The summed E-state index contributed by atoms with van der Waals surface area (Å²) in [4.78, 5) is 14.7. The zero-order valence-electron chi connectivity index (χ0n) is 15.7. The number of nitrogens with zero attached hydrogens (tertiary/aromatic N) is 2. The molecule has 0 aromatic heterocycles. The summed E-state index contributed by atoms with van der Waals surface area (Å²) in [6.45, 7) is 2.53. The van der Waals surface area contributed by atoms with E-state index in [1.165, 1.54) is 12.1 Å². The maximum absolute atomic E-state index is 10.8. The van der Waals surface area contributed by atoms with Gasteiger partial charge in [-0.2, -0.15) is 0 Å². The Bertz CT molecular complexity index is 1010. The van der Waals surface area contributed by atoms with E-state index < -0.39 is 4.92 Å². The maximum Gasteiger partial charge on any atom is 0.269 e. The van der Waals surface area contributed by atoms with Crippen LogP contribution in [0.2, 0.25) is 5.02 Å². The Balaban J connectivity index is 1.78. The van der Waals surface area contributed by atoms with Crippen molar-refractivity contribution in [3.63, 3.8) is 0 Å². The molecular weight excluding hydrogens is 392 g/mol. The molecule has 0 fully saturated rings. The van der Waals surface area contributed by atoms with Gasteiger partial charge in [0.25, 0.3) is 5.69 Å². The van der Waals surface area contributed by atoms with E-state index in [0.717, 1.165) is 16.8 Å². The Morgan fingerprint density at radius 2 is 1.79 bits per heavy atom. The lowest BCUT2D eigenvalue weighted by molar-refractivity contribution is -0.384. The Kier molecular flexibility index (Phi) is 6.81. The molecule has 0 saturated heterocycles. The quantitative estimate of drug-likeness (QED) is 0.260. The first kappa shape index (κ1) is 20.4. The molecule has 6 nitrogen and oxygen atoms in total. The number of aliphatic imine (C=N–C) groups is 1. The first-order valence-electron chi connectivity index (χ1n) is 8.98. The molecule has 0 atom stereocenters. The lowest BCUT2D eigenvalue weighted by Crippen LogP contribution is -2.01. The molecule has 148 valence electrons. The summed E-state index contributed by atoms with van der Waals surface area (Å²) in [5.41, 5.74) is 2.43. The van der Waals surface area contributed by atoms with Crippen molar-refractivity contribution in [2.45, 2.75) is 13.5 Å². The summed E-state index contributed by atoms with van der Waals surface area (Å²) in [5.74, 6) is 0.931. The first-order valence-corrected chi connectivity index (χ1v) is 9.36. The van der Waals surface area contributed by atoms with E-state index in [-0.39, 0.29) is 12.3 Å². The second-order valence-electron chi connectivity index (χ2n) is 6.07. The van der Waals surface area contributed by atoms with Crippen LogP contribution in [-0.2, 0) is 6.61 Å². The van der Waals surface area contributed by atoms with Gasteiger partial charge in [0.05, 0.1) is 22.2 Å². The second-order valence-corrected chi connectivity index (χ2v) is 6.48. The molecule has 7 heteroatoms. The van der Waals surface area contributed by atoms with Gasteiger partial charge in [0.1, 0.15) is 6.61 Å². The molecular formula is C22H19ClN2O4. The van der Waals surface area contributed by atoms with Gasteiger partial charge < -0.3 is 9.47 Å². The molecule has 3 aromatic rings. The maximum atomic E-state index is 10.8. The molecule has 0 aliphatic rings. The first-order chi connectivity index (χ1) is 14.1. The summed E-state index contributed by atoms with van der Waals surface area (Å²) in [7, 11) is 0. The number of para-hydroxylation sites is 1. The predicted octanol–water partition coefficient (Wildman–Crippen LogP) is 5.98. The Morgan fingerprint density at radius 1 is 1.07 bits per heavy atom. The largest absolute Gasteiger partial charge is 0.490 e. The summed E-state index contributed by atoms with van der Waals surface area (Å²) in [6, 6.07) is 19.3. The number of benzene rings is 3. The standard InChI is InChI=1S/C22H19ClN2O4/c1-2-28-21-13-17(14-24-18-6-4-3-5-7-18)12-20(23)22(21)29-15-16-8-10-19(11-9-16)25(26)27/h3-14H,2,15H2,1H3. The van der Waals surface area contributed by atoms with E-state index >= 15 is 0 Å². The van der Waals surface area contributed by atoms with Gasteiger partial charge in [0, 0.05) is 18.3 Å². The normalized spacial score (nSPS) is 10.8.